The largest absolute Gasteiger partial charge is 0.347 e. The molecule has 0 aliphatic rings. The molecule has 24 heavy (non-hydrogen) atoms. The molecule has 2 aromatic rings. The van der Waals surface area contributed by atoms with Crippen LogP contribution in [-0.2, 0) is 9.47 Å². The van der Waals surface area contributed by atoms with Crippen molar-refractivity contribution in [3.8, 4) is 11.8 Å². The van der Waals surface area contributed by atoms with Crippen molar-refractivity contribution in [2.75, 3.05) is 13.2 Å². The van der Waals surface area contributed by atoms with Gasteiger partial charge in [0.25, 0.3) is 0 Å². The zero-order valence-corrected chi connectivity index (χ0v) is 12.7. The van der Waals surface area contributed by atoms with Crippen molar-refractivity contribution in [1.82, 2.24) is 15.0 Å². The lowest BCUT2D eigenvalue weighted by Crippen LogP contribution is -2.10. The van der Waals surface area contributed by atoms with Gasteiger partial charge in [-0.25, -0.2) is 22.2 Å². The Bertz CT molecular complexity index is 753. The first-order chi connectivity index (χ1) is 11.5. The maximum Gasteiger partial charge on any atom is 0.204 e. The van der Waals surface area contributed by atoms with E-state index in [0.717, 1.165) is 12.3 Å². The molecular formula is C14H12F4N4O2. The molecule has 0 saturated carbocycles. The highest BCUT2D eigenvalue weighted by molar-refractivity contribution is 5.44. The van der Waals surface area contributed by atoms with Crippen molar-refractivity contribution in [2.45, 2.75) is 20.1 Å². The Morgan fingerprint density at radius 2 is 1.62 bits per heavy atom. The maximum atomic E-state index is 14.0. The third-order valence-electron chi connectivity index (χ3n) is 2.97. The average Bonchev–Trinajstić information content (AvgIpc) is 3.03. The summed E-state index contributed by atoms with van der Waals surface area (Å²) in [5.74, 6) is -7.14. The number of halogens is 4. The molecule has 0 bridgehead atoms. The van der Waals surface area contributed by atoms with Crippen LogP contribution < -0.4 is 0 Å². The fraction of sp³-hybridized carbons (Fsp3) is 0.357. The highest BCUT2D eigenvalue weighted by Gasteiger charge is 2.28. The van der Waals surface area contributed by atoms with Gasteiger partial charge in [0, 0.05) is 13.2 Å². The Balaban J connectivity index is 2.53. The zero-order valence-electron chi connectivity index (χ0n) is 12.7. The minimum Gasteiger partial charge on any atom is -0.347 e. The van der Waals surface area contributed by atoms with Crippen molar-refractivity contribution in [2.24, 2.45) is 0 Å². The summed E-state index contributed by atoms with van der Waals surface area (Å²) in [6, 6.07) is 1.07. The minimum atomic E-state index is -1.81. The predicted molar refractivity (Wildman–Crippen MR) is 71.9 cm³/mol. The highest BCUT2D eigenvalue weighted by Crippen LogP contribution is 2.27. The molecule has 0 atom stereocenters. The standard InChI is InChI=1S/C14H12F4N4O2/c1-3-23-14(24-4-2)8-6-22(21-20-8)13-11(17)9(15)7(5-19)10(16)12(13)18/h6,14H,3-4H2,1-2H3. The van der Waals surface area contributed by atoms with E-state index < -0.39 is 40.8 Å². The number of aromatic nitrogens is 3. The van der Waals surface area contributed by atoms with E-state index in [4.69, 9.17) is 14.7 Å². The van der Waals surface area contributed by atoms with Crippen LogP contribution >= 0.6 is 0 Å². The van der Waals surface area contributed by atoms with Crippen molar-refractivity contribution < 1.29 is 27.0 Å². The number of nitrogens with zero attached hydrogens (tertiary/aromatic N) is 4. The molecule has 6 nitrogen and oxygen atoms in total. The van der Waals surface area contributed by atoms with E-state index in [9.17, 15) is 17.6 Å². The predicted octanol–water partition coefficient (Wildman–Crippen LogP) is 2.77. The summed E-state index contributed by atoms with van der Waals surface area (Å²) < 4.78 is 66.4. The Kier molecular flexibility index (Phi) is 5.48. The third-order valence-corrected chi connectivity index (χ3v) is 2.97. The number of nitriles is 1. The van der Waals surface area contributed by atoms with E-state index in [2.05, 4.69) is 10.3 Å². The van der Waals surface area contributed by atoms with Crippen LogP contribution in [0, 0.1) is 34.6 Å². The lowest BCUT2D eigenvalue weighted by molar-refractivity contribution is -0.142. The molecule has 2 rings (SSSR count). The Morgan fingerprint density at radius 3 is 2.08 bits per heavy atom. The lowest BCUT2D eigenvalue weighted by atomic mass is 10.1. The van der Waals surface area contributed by atoms with Crippen LogP contribution in [0.1, 0.15) is 31.4 Å². The molecule has 1 heterocycles. The summed E-state index contributed by atoms with van der Waals surface area (Å²) >= 11 is 0. The first-order valence-electron chi connectivity index (χ1n) is 6.88. The molecule has 0 radical (unpaired) electrons. The lowest BCUT2D eigenvalue weighted by Gasteiger charge is -2.13. The van der Waals surface area contributed by atoms with Crippen LogP contribution in [0.2, 0.25) is 0 Å². The van der Waals surface area contributed by atoms with Crippen LogP contribution in [0.3, 0.4) is 0 Å². The Labute approximate surface area is 134 Å². The monoisotopic (exact) mass is 344 g/mol. The fourth-order valence-electron chi connectivity index (χ4n) is 1.94. The minimum absolute atomic E-state index is 0.0580. The summed E-state index contributed by atoms with van der Waals surface area (Å²) in [7, 11) is 0. The molecule has 0 spiro atoms. The van der Waals surface area contributed by atoms with E-state index >= 15 is 0 Å². The molecule has 0 aliphatic carbocycles. The van der Waals surface area contributed by atoms with E-state index in [-0.39, 0.29) is 18.9 Å². The SMILES string of the molecule is CCOC(OCC)c1cn(-c2c(F)c(F)c(C#N)c(F)c2F)nn1. The highest BCUT2D eigenvalue weighted by atomic mass is 19.2. The molecular weight excluding hydrogens is 332 g/mol. The van der Waals surface area contributed by atoms with Gasteiger partial charge >= 0.3 is 0 Å². The van der Waals surface area contributed by atoms with Gasteiger partial charge in [-0.1, -0.05) is 5.21 Å². The van der Waals surface area contributed by atoms with Crippen LogP contribution in [0.15, 0.2) is 6.20 Å². The smallest absolute Gasteiger partial charge is 0.204 e. The van der Waals surface area contributed by atoms with Gasteiger partial charge in [0.05, 0.1) is 6.20 Å². The van der Waals surface area contributed by atoms with E-state index in [1.54, 1.807) is 13.8 Å². The number of hydrogen-bond donors (Lipinski definition) is 0. The summed E-state index contributed by atoms with van der Waals surface area (Å²) in [6.45, 7) is 3.92. The number of hydrogen-bond acceptors (Lipinski definition) is 5. The summed E-state index contributed by atoms with van der Waals surface area (Å²) in [6.07, 6.45) is 0.0653. The van der Waals surface area contributed by atoms with Gasteiger partial charge in [-0.3, -0.25) is 0 Å². The third kappa shape index (κ3) is 3.08. The first kappa shape index (κ1) is 17.8. The summed E-state index contributed by atoms with van der Waals surface area (Å²) in [5.41, 5.74) is -2.42. The molecule has 0 amide bonds. The van der Waals surface area contributed by atoms with Crippen molar-refractivity contribution >= 4 is 0 Å². The van der Waals surface area contributed by atoms with Gasteiger partial charge in [0.2, 0.25) is 6.29 Å². The Morgan fingerprint density at radius 1 is 1.08 bits per heavy atom. The van der Waals surface area contributed by atoms with Crippen molar-refractivity contribution in [1.29, 1.82) is 5.26 Å². The molecule has 10 heteroatoms. The summed E-state index contributed by atoms with van der Waals surface area (Å²) in [5, 5.41) is 15.6. The molecule has 0 N–H and O–H groups in total. The van der Waals surface area contributed by atoms with Crippen LogP contribution in [0.4, 0.5) is 17.6 Å². The Hall–Kier alpha value is -2.51. The van der Waals surface area contributed by atoms with Gasteiger partial charge in [-0.05, 0) is 13.8 Å². The quantitative estimate of drug-likeness (QED) is 0.458. The number of ether oxygens (including phenoxy) is 2. The molecule has 0 saturated heterocycles. The fourth-order valence-corrected chi connectivity index (χ4v) is 1.94. The molecule has 128 valence electrons. The molecule has 1 aromatic carbocycles. The normalized spacial score (nSPS) is 11.1. The number of rotatable bonds is 6. The summed E-state index contributed by atoms with van der Waals surface area (Å²) in [4.78, 5) is 0. The van der Waals surface area contributed by atoms with Crippen molar-refractivity contribution in [3.63, 3.8) is 0 Å². The molecule has 1 aromatic heterocycles. The van der Waals surface area contributed by atoms with E-state index in [1.807, 2.05) is 0 Å². The van der Waals surface area contributed by atoms with Gasteiger partial charge in [-0.15, -0.1) is 5.10 Å². The second kappa shape index (κ2) is 7.37. The van der Waals surface area contributed by atoms with Crippen LogP contribution in [-0.4, -0.2) is 28.2 Å². The molecule has 0 aliphatic heterocycles. The first-order valence-corrected chi connectivity index (χ1v) is 6.88. The van der Waals surface area contributed by atoms with E-state index in [0.29, 0.717) is 4.68 Å². The van der Waals surface area contributed by atoms with Gasteiger partial charge in [0.1, 0.15) is 23.0 Å². The zero-order chi connectivity index (χ0) is 17.9. The second-order valence-electron chi connectivity index (χ2n) is 4.42. The second-order valence-corrected chi connectivity index (χ2v) is 4.42. The van der Waals surface area contributed by atoms with E-state index in [1.165, 1.54) is 0 Å². The van der Waals surface area contributed by atoms with Crippen molar-refractivity contribution in [3.05, 3.63) is 40.7 Å². The molecule has 0 unspecified atom stereocenters. The topological polar surface area (TPSA) is 73.0 Å². The van der Waals surface area contributed by atoms with Gasteiger partial charge in [0.15, 0.2) is 23.3 Å². The van der Waals surface area contributed by atoms with Crippen LogP contribution in [0.25, 0.3) is 5.69 Å². The maximum absolute atomic E-state index is 14.0. The van der Waals surface area contributed by atoms with Gasteiger partial charge < -0.3 is 9.47 Å². The average molecular weight is 344 g/mol. The molecule has 0 fully saturated rings. The van der Waals surface area contributed by atoms with Gasteiger partial charge in [-0.2, -0.15) is 5.26 Å². The van der Waals surface area contributed by atoms with Crippen LogP contribution in [0.5, 0.6) is 0 Å². The number of benzene rings is 1.